The highest BCUT2D eigenvalue weighted by molar-refractivity contribution is 6.19. The molecule has 44 heavy (non-hydrogen) atoms. The maximum atomic E-state index is 13.6. The number of ketones is 1. The van der Waals surface area contributed by atoms with E-state index in [2.05, 4.69) is 41.9 Å². The van der Waals surface area contributed by atoms with E-state index in [0.29, 0.717) is 39.1 Å². The SMILES string of the molecule is CC(=O)NOCc1cc(C(=O)c2ccc(NC(=O)Nc3cc(C(C)(C)C)nn3-c3ccc(C)cc3)c3ccccc23)ccn1. The third-order valence-electron chi connectivity index (χ3n) is 6.93. The van der Waals surface area contributed by atoms with Crippen molar-refractivity contribution >= 4 is 40.0 Å². The molecule has 0 atom stereocenters. The van der Waals surface area contributed by atoms with E-state index in [4.69, 9.17) is 9.94 Å². The van der Waals surface area contributed by atoms with Crippen LogP contribution >= 0.6 is 0 Å². The van der Waals surface area contributed by atoms with E-state index >= 15 is 0 Å². The fourth-order valence-corrected chi connectivity index (χ4v) is 4.66. The number of carbonyl (C=O) groups is 3. The van der Waals surface area contributed by atoms with Crippen LogP contribution in [0.25, 0.3) is 16.5 Å². The smallest absolute Gasteiger partial charge is 0.307 e. The Balaban J connectivity index is 1.40. The molecule has 0 aliphatic rings. The lowest BCUT2D eigenvalue weighted by atomic mass is 9.92. The topological polar surface area (TPSA) is 127 Å². The molecule has 5 aromatic rings. The zero-order valence-corrected chi connectivity index (χ0v) is 25.3. The minimum absolute atomic E-state index is 0.0134. The number of benzene rings is 3. The van der Waals surface area contributed by atoms with Gasteiger partial charge in [0.25, 0.3) is 0 Å². The lowest BCUT2D eigenvalue weighted by molar-refractivity contribution is -0.132. The number of hydroxylamine groups is 1. The molecule has 3 aromatic carbocycles. The Morgan fingerprint density at radius 2 is 1.61 bits per heavy atom. The van der Waals surface area contributed by atoms with Gasteiger partial charge in [-0.05, 0) is 48.7 Å². The summed E-state index contributed by atoms with van der Waals surface area (Å²) in [7, 11) is 0. The van der Waals surface area contributed by atoms with Crippen LogP contribution < -0.4 is 16.1 Å². The molecule has 10 heteroatoms. The number of aromatic nitrogens is 3. The zero-order valence-electron chi connectivity index (χ0n) is 25.3. The van der Waals surface area contributed by atoms with Crippen LogP contribution in [-0.2, 0) is 21.7 Å². The standard InChI is InChI=1S/C34H34N6O4/c1-21-10-12-25(13-11-21)40-31(19-30(38-40)34(3,4)5)37-33(43)36-29-15-14-28(26-8-6-7-9-27(26)29)32(42)23-16-17-35-24(18-23)20-44-39-22(2)41/h6-19H,20H2,1-5H3,(H,39,41)(H2,36,37,43). The van der Waals surface area contributed by atoms with Gasteiger partial charge in [-0.25, -0.2) is 15.0 Å². The second-order valence-corrected chi connectivity index (χ2v) is 11.5. The predicted octanol–water partition coefficient (Wildman–Crippen LogP) is 6.47. The number of pyridine rings is 1. The number of carbonyl (C=O) groups excluding carboxylic acids is 3. The van der Waals surface area contributed by atoms with Crippen molar-refractivity contribution in [3.05, 3.63) is 113 Å². The molecule has 3 amide bonds. The molecule has 0 fully saturated rings. The lowest BCUT2D eigenvalue weighted by Gasteiger charge is -2.14. The van der Waals surface area contributed by atoms with Crippen molar-refractivity contribution in [2.45, 2.75) is 46.6 Å². The van der Waals surface area contributed by atoms with Crippen LogP contribution in [0.15, 0.2) is 85.1 Å². The number of nitrogens with one attached hydrogen (secondary N) is 3. The third-order valence-corrected chi connectivity index (χ3v) is 6.93. The van der Waals surface area contributed by atoms with Crippen LogP contribution in [-0.4, -0.2) is 32.5 Å². The van der Waals surface area contributed by atoms with Gasteiger partial charge in [-0.2, -0.15) is 5.10 Å². The fraction of sp³-hybridized carbons (Fsp3) is 0.206. The highest BCUT2D eigenvalue weighted by Gasteiger charge is 2.22. The number of rotatable bonds is 8. The molecule has 0 saturated carbocycles. The second-order valence-electron chi connectivity index (χ2n) is 11.5. The molecular formula is C34H34N6O4. The van der Waals surface area contributed by atoms with Crippen molar-refractivity contribution in [3.63, 3.8) is 0 Å². The molecule has 3 N–H and O–H groups in total. The monoisotopic (exact) mass is 590 g/mol. The van der Waals surface area contributed by atoms with E-state index in [-0.39, 0.29) is 23.7 Å². The number of amides is 3. The van der Waals surface area contributed by atoms with Gasteiger partial charge in [0.05, 0.1) is 22.8 Å². The Kier molecular flexibility index (Phi) is 8.54. The summed E-state index contributed by atoms with van der Waals surface area (Å²) in [6, 6.07) is 23.4. The van der Waals surface area contributed by atoms with E-state index in [1.54, 1.807) is 28.9 Å². The molecule has 0 aliphatic heterocycles. The minimum Gasteiger partial charge on any atom is -0.307 e. The molecule has 10 nitrogen and oxygen atoms in total. The first-order chi connectivity index (χ1) is 21.0. The van der Waals surface area contributed by atoms with Crippen molar-refractivity contribution in [3.8, 4) is 5.69 Å². The van der Waals surface area contributed by atoms with Crippen LogP contribution in [0, 0.1) is 6.92 Å². The van der Waals surface area contributed by atoms with Gasteiger partial charge in [0.15, 0.2) is 5.78 Å². The van der Waals surface area contributed by atoms with Crippen LogP contribution in [0.5, 0.6) is 0 Å². The number of aryl methyl sites for hydroxylation is 1. The largest absolute Gasteiger partial charge is 0.324 e. The first-order valence-electron chi connectivity index (χ1n) is 14.1. The van der Waals surface area contributed by atoms with Gasteiger partial charge in [0.1, 0.15) is 12.4 Å². The third kappa shape index (κ3) is 6.82. The number of nitrogens with zero attached hydrogens (tertiary/aromatic N) is 3. The first-order valence-corrected chi connectivity index (χ1v) is 14.1. The molecule has 0 radical (unpaired) electrons. The zero-order chi connectivity index (χ0) is 31.4. The Morgan fingerprint density at radius 1 is 0.886 bits per heavy atom. The molecule has 2 heterocycles. The molecule has 5 rings (SSSR count). The highest BCUT2D eigenvalue weighted by Crippen LogP contribution is 2.30. The number of urea groups is 1. The summed E-state index contributed by atoms with van der Waals surface area (Å²) < 4.78 is 1.73. The molecule has 0 saturated heterocycles. The molecule has 0 aliphatic carbocycles. The molecule has 224 valence electrons. The van der Waals surface area contributed by atoms with E-state index in [9.17, 15) is 14.4 Å². The first kappa shape index (κ1) is 30.1. The van der Waals surface area contributed by atoms with Crippen LogP contribution in [0.3, 0.4) is 0 Å². The van der Waals surface area contributed by atoms with E-state index in [1.807, 2.05) is 61.5 Å². The highest BCUT2D eigenvalue weighted by atomic mass is 16.6. The van der Waals surface area contributed by atoms with Crippen molar-refractivity contribution in [2.24, 2.45) is 0 Å². The number of anilines is 2. The van der Waals surface area contributed by atoms with Crippen molar-refractivity contribution < 1.29 is 19.2 Å². The van der Waals surface area contributed by atoms with Crippen molar-refractivity contribution in [2.75, 3.05) is 10.6 Å². The maximum Gasteiger partial charge on any atom is 0.324 e. The van der Waals surface area contributed by atoms with Crippen LogP contribution in [0.4, 0.5) is 16.3 Å². The summed E-state index contributed by atoms with van der Waals surface area (Å²) in [5.74, 6) is -0.0157. The van der Waals surface area contributed by atoms with Gasteiger partial charge in [0.2, 0.25) is 5.91 Å². The summed E-state index contributed by atoms with van der Waals surface area (Å²) >= 11 is 0. The average molecular weight is 591 g/mol. The molecule has 0 spiro atoms. The Bertz CT molecular complexity index is 1850. The molecule has 2 aromatic heterocycles. The summed E-state index contributed by atoms with van der Waals surface area (Å²) in [6.07, 6.45) is 1.52. The van der Waals surface area contributed by atoms with E-state index < -0.39 is 6.03 Å². The normalized spacial score (nSPS) is 11.3. The van der Waals surface area contributed by atoms with Crippen molar-refractivity contribution in [1.29, 1.82) is 0 Å². The number of hydrogen-bond acceptors (Lipinski definition) is 6. The summed E-state index contributed by atoms with van der Waals surface area (Å²) in [5, 5.41) is 12.1. The van der Waals surface area contributed by atoms with Crippen LogP contribution in [0.1, 0.15) is 60.6 Å². The molecular weight excluding hydrogens is 556 g/mol. The Labute approximate surface area is 255 Å². The molecule has 0 unspecified atom stereocenters. The quantitative estimate of drug-likeness (QED) is 0.140. The Hall–Kier alpha value is -5.35. The van der Waals surface area contributed by atoms with Crippen LogP contribution in [0.2, 0.25) is 0 Å². The minimum atomic E-state index is -0.444. The van der Waals surface area contributed by atoms with Gasteiger partial charge < -0.3 is 5.32 Å². The van der Waals surface area contributed by atoms with Gasteiger partial charge in [0, 0.05) is 41.1 Å². The fourth-order valence-electron chi connectivity index (χ4n) is 4.66. The Morgan fingerprint density at radius 3 is 2.32 bits per heavy atom. The lowest BCUT2D eigenvalue weighted by Crippen LogP contribution is -2.21. The number of fused-ring (bicyclic) bond motifs is 1. The number of hydrogen-bond donors (Lipinski definition) is 3. The van der Waals surface area contributed by atoms with Gasteiger partial charge in [-0.15, -0.1) is 0 Å². The second kappa shape index (κ2) is 12.5. The van der Waals surface area contributed by atoms with E-state index in [0.717, 1.165) is 16.9 Å². The van der Waals surface area contributed by atoms with Gasteiger partial charge in [-0.3, -0.25) is 24.7 Å². The van der Waals surface area contributed by atoms with Gasteiger partial charge in [-0.1, -0.05) is 62.7 Å². The summed E-state index contributed by atoms with van der Waals surface area (Å²) in [6.45, 7) is 9.58. The summed E-state index contributed by atoms with van der Waals surface area (Å²) in [5.41, 5.74) is 6.74. The van der Waals surface area contributed by atoms with Gasteiger partial charge >= 0.3 is 6.03 Å². The van der Waals surface area contributed by atoms with Crippen molar-refractivity contribution in [1.82, 2.24) is 20.2 Å². The average Bonchev–Trinajstić information content (AvgIpc) is 3.41. The summed E-state index contributed by atoms with van der Waals surface area (Å²) in [4.78, 5) is 47.4. The van der Waals surface area contributed by atoms with E-state index in [1.165, 1.54) is 13.1 Å². The molecule has 0 bridgehead atoms. The predicted molar refractivity (Wildman–Crippen MR) is 170 cm³/mol. The maximum absolute atomic E-state index is 13.6.